The molecule has 122 valence electrons. The number of nitrogens with zero attached hydrogens (tertiary/aromatic N) is 1. The minimum Gasteiger partial charge on any atom is -0.481 e. The van der Waals surface area contributed by atoms with Crippen molar-refractivity contribution in [3.8, 4) is 17.4 Å². The smallest absolute Gasteiger partial charge is 0.417 e. The zero-order valence-corrected chi connectivity index (χ0v) is 12.0. The number of carbonyl (C=O) groups excluding carboxylic acids is 1. The lowest BCUT2D eigenvalue weighted by Gasteiger charge is -2.12. The van der Waals surface area contributed by atoms with E-state index in [0.717, 1.165) is 12.1 Å². The summed E-state index contributed by atoms with van der Waals surface area (Å²) in [5.41, 5.74) is 4.23. The molecule has 1 aromatic carbocycles. The summed E-state index contributed by atoms with van der Waals surface area (Å²) in [4.78, 5) is 14.5. The first-order chi connectivity index (χ1) is 10.8. The molecule has 2 aromatic rings. The summed E-state index contributed by atoms with van der Waals surface area (Å²) in [7, 11) is 0. The third-order valence-electron chi connectivity index (χ3n) is 2.82. The van der Waals surface area contributed by atoms with Gasteiger partial charge in [0.15, 0.2) is 6.10 Å². The van der Waals surface area contributed by atoms with Crippen molar-refractivity contribution in [3.05, 3.63) is 48.2 Å². The Kier molecular flexibility index (Phi) is 4.73. The van der Waals surface area contributed by atoms with Crippen LogP contribution in [0.3, 0.4) is 0 Å². The van der Waals surface area contributed by atoms with E-state index < -0.39 is 23.8 Å². The van der Waals surface area contributed by atoms with Crippen molar-refractivity contribution in [2.24, 2.45) is 5.73 Å². The number of hydrogen-bond acceptors (Lipinski definition) is 4. The van der Waals surface area contributed by atoms with E-state index in [1.807, 2.05) is 0 Å². The van der Waals surface area contributed by atoms with Gasteiger partial charge in [0, 0.05) is 12.3 Å². The summed E-state index contributed by atoms with van der Waals surface area (Å²) in [6.07, 6.45) is -4.53. The zero-order valence-electron chi connectivity index (χ0n) is 12.0. The third-order valence-corrected chi connectivity index (χ3v) is 2.82. The molecule has 1 unspecified atom stereocenters. The van der Waals surface area contributed by atoms with E-state index in [9.17, 15) is 18.0 Å². The van der Waals surface area contributed by atoms with Crippen LogP contribution in [0.4, 0.5) is 13.2 Å². The Balaban J connectivity index is 2.02. The number of alkyl halides is 3. The minimum atomic E-state index is -4.44. The van der Waals surface area contributed by atoms with E-state index in [0.29, 0.717) is 17.7 Å². The second-order valence-corrected chi connectivity index (χ2v) is 4.62. The monoisotopic (exact) mass is 326 g/mol. The van der Waals surface area contributed by atoms with Gasteiger partial charge in [0.2, 0.25) is 5.88 Å². The van der Waals surface area contributed by atoms with Gasteiger partial charge in [-0.2, -0.15) is 13.2 Å². The number of primary amides is 1. The summed E-state index contributed by atoms with van der Waals surface area (Å²) >= 11 is 0. The number of halogens is 3. The molecule has 0 saturated carbocycles. The van der Waals surface area contributed by atoms with Crippen LogP contribution < -0.4 is 15.2 Å². The molecule has 0 saturated heterocycles. The molecule has 0 spiro atoms. The van der Waals surface area contributed by atoms with Crippen LogP contribution in [0, 0.1) is 0 Å². The Morgan fingerprint density at radius 3 is 2.22 bits per heavy atom. The Bertz CT molecular complexity index is 670. The predicted octanol–water partition coefficient (Wildman–Crippen LogP) is 3.15. The van der Waals surface area contributed by atoms with Gasteiger partial charge in [0.1, 0.15) is 11.5 Å². The normalized spacial score (nSPS) is 12.5. The molecule has 23 heavy (non-hydrogen) atoms. The maximum atomic E-state index is 12.4. The number of benzene rings is 1. The van der Waals surface area contributed by atoms with Crippen LogP contribution in [-0.2, 0) is 11.0 Å². The molecule has 1 amide bonds. The number of carbonyl (C=O) groups is 1. The van der Waals surface area contributed by atoms with Gasteiger partial charge in [0.25, 0.3) is 5.91 Å². The Hall–Kier alpha value is -2.77. The molecular formula is C15H13F3N2O3. The lowest BCUT2D eigenvalue weighted by molar-refractivity contribution is -0.137. The van der Waals surface area contributed by atoms with Gasteiger partial charge in [0.05, 0.1) is 5.56 Å². The van der Waals surface area contributed by atoms with E-state index in [1.165, 1.54) is 19.1 Å². The molecule has 1 heterocycles. The van der Waals surface area contributed by atoms with Crippen molar-refractivity contribution in [2.45, 2.75) is 19.2 Å². The number of nitrogens with two attached hydrogens (primary N) is 1. The lowest BCUT2D eigenvalue weighted by Crippen LogP contribution is -2.30. The highest BCUT2D eigenvalue weighted by Gasteiger charge is 2.30. The fourth-order valence-electron chi connectivity index (χ4n) is 1.58. The van der Waals surface area contributed by atoms with Gasteiger partial charge in [-0.3, -0.25) is 4.79 Å². The van der Waals surface area contributed by atoms with Crippen molar-refractivity contribution >= 4 is 5.91 Å². The van der Waals surface area contributed by atoms with Gasteiger partial charge < -0.3 is 15.2 Å². The van der Waals surface area contributed by atoms with Gasteiger partial charge in [-0.05, 0) is 37.3 Å². The van der Waals surface area contributed by atoms with Crippen molar-refractivity contribution in [1.82, 2.24) is 4.98 Å². The molecule has 2 N–H and O–H groups in total. The first-order valence-electron chi connectivity index (χ1n) is 6.53. The number of ether oxygens (including phenoxy) is 2. The predicted molar refractivity (Wildman–Crippen MR) is 75.0 cm³/mol. The zero-order chi connectivity index (χ0) is 17.0. The van der Waals surface area contributed by atoms with Crippen molar-refractivity contribution in [1.29, 1.82) is 0 Å². The molecule has 0 fully saturated rings. The van der Waals surface area contributed by atoms with Crippen molar-refractivity contribution in [3.63, 3.8) is 0 Å². The standard InChI is InChI=1S/C15H13F3N2O3/c1-9(14(19)21)22-11-3-5-12(6-4-11)23-13-7-2-10(8-20-13)15(16,17)18/h2-9H,1H3,(H2,19,21). The van der Waals surface area contributed by atoms with Crippen LogP contribution in [0.25, 0.3) is 0 Å². The Labute approximate surface area is 129 Å². The second kappa shape index (κ2) is 6.55. The molecule has 2 rings (SSSR count). The van der Waals surface area contributed by atoms with Crippen LogP contribution in [-0.4, -0.2) is 17.0 Å². The van der Waals surface area contributed by atoms with E-state index in [4.69, 9.17) is 15.2 Å². The number of pyridine rings is 1. The summed E-state index contributed by atoms with van der Waals surface area (Å²) in [6, 6.07) is 8.15. The first-order valence-corrected chi connectivity index (χ1v) is 6.53. The molecule has 1 aromatic heterocycles. The van der Waals surface area contributed by atoms with E-state index >= 15 is 0 Å². The van der Waals surface area contributed by atoms with E-state index in [1.54, 1.807) is 12.1 Å². The molecule has 0 radical (unpaired) electrons. The van der Waals surface area contributed by atoms with E-state index in [-0.39, 0.29) is 5.88 Å². The topological polar surface area (TPSA) is 74.4 Å². The highest BCUT2D eigenvalue weighted by molar-refractivity contribution is 5.78. The SMILES string of the molecule is CC(Oc1ccc(Oc2ccc(C(F)(F)F)cn2)cc1)C(N)=O. The van der Waals surface area contributed by atoms with Crippen LogP contribution in [0.15, 0.2) is 42.6 Å². The third kappa shape index (κ3) is 4.60. The number of hydrogen-bond donors (Lipinski definition) is 1. The summed E-state index contributed by atoms with van der Waals surface area (Å²) in [6.45, 7) is 1.51. The molecule has 0 aliphatic heterocycles. The number of aromatic nitrogens is 1. The van der Waals surface area contributed by atoms with Crippen molar-refractivity contribution < 1.29 is 27.4 Å². The van der Waals surface area contributed by atoms with E-state index in [2.05, 4.69) is 4.98 Å². The molecule has 0 bridgehead atoms. The first kappa shape index (κ1) is 16.6. The van der Waals surface area contributed by atoms with Gasteiger partial charge in [-0.15, -0.1) is 0 Å². The largest absolute Gasteiger partial charge is 0.481 e. The molecule has 0 aliphatic carbocycles. The van der Waals surface area contributed by atoms with Gasteiger partial charge >= 0.3 is 6.18 Å². The molecule has 5 nitrogen and oxygen atoms in total. The fraction of sp³-hybridized carbons (Fsp3) is 0.200. The lowest BCUT2D eigenvalue weighted by atomic mass is 10.3. The maximum absolute atomic E-state index is 12.4. The van der Waals surface area contributed by atoms with Gasteiger partial charge in [-0.1, -0.05) is 0 Å². The average molecular weight is 326 g/mol. The second-order valence-electron chi connectivity index (χ2n) is 4.62. The van der Waals surface area contributed by atoms with Crippen molar-refractivity contribution in [2.75, 3.05) is 0 Å². The molecule has 1 atom stereocenters. The fourth-order valence-corrected chi connectivity index (χ4v) is 1.58. The average Bonchev–Trinajstić information content (AvgIpc) is 2.49. The number of rotatable bonds is 5. The summed E-state index contributed by atoms with van der Waals surface area (Å²) in [5, 5.41) is 0. The van der Waals surface area contributed by atoms with Crippen LogP contribution >= 0.6 is 0 Å². The highest BCUT2D eigenvalue weighted by Crippen LogP contribution is 2.30. The Morgan fingerprint density at radius 1 is 1.13 bits per heavy atom. The summed E-state index contributed by atoms with van der Waals surface area (Å²) < 4.78 is 47.9. The van der Waals surface area contributed by atoms with Crippen LogP contribution in [0.5, 0.6) is 17.4 Å². The molecular weight excluding hydrogens is 313 g/mol. The maximum Gasteiger partial charge on any atom is 0.417 e. The number of amides is 1. The molecule has 8 heteroatoms. The van der Waals surface area contributed by atoms with Crippen LogP contribution in [0.1, 0.15) is 12.5 Å². The Morgan fingerprint density at radius 2 is 1.74 bits per heavy atom. The van der Waals surface area contributed by atoms with Gasteiger partial charge in [-0.25, -0.2) is 4.98 Å². The van der Waals surface area contributed by atoms with Crippen LogP contribution in [0.2, 0.25) is 0 Å². The minimum absolute atomic E-state index is 0.0252. The quantitative estimate of drug-likeness (QED) is 0.916. The highest BCUT2D eigenvalue weighted by atomic mass is 19.4. The summed E-state index contributed by atoms with van der Waals surface area (Å²) in [5.74, 6) is 0.191. The molecule has 0 aliphatic rings.